The SMILES string of the molecule is [2H]/C(C#N)=C/CCc1ccccc1. The third-order valence-corrected chi connectivity index (χ3v) is 1.59. The Bertz CT molecular complexity index is 322. The van der Waals surface area contributed by atoms with Crippen molar-refractivity contribution < 1.29 is 1.37 Å². The molecule has 0 aliphatic carbocycles. The van der Waals surface area contributed by atoms with Crippen molar-refractivity contribution in [2.45, 2.75) is 12.8 Å². The normalized spacial score (nSPS) is 11.9. The maximum absolute atomic E-state index is 8.33. The molecule has 0 radical (unpaired) electrons. The first kappa shape index (κ1) is 7.12. The molecule has 1 rings (SSSR count). The zero-order valence-corrected chi connectivity index (χ0v) is 6.83. The zero-order valence-electron chi connectivity index (χ0n) is 7.83. The Labute approximate surface area is 74.4 Å². The van der Waals surface area contributed by atoms with Gasteiger partial charge in [-0.2, -0.15) is 5.26 Å². The summed E-state index contributed by atoms with van der Waals surface area (Å²) in [7, 11) is 0. The van der Waals surface area contributed by atoms with Crippen molar-refractivity contribution in [2.24, 2.45) is 0 Å². The molecule has 0 aliphatic rings. The summed E-state index contributed by atoms with van der Waals surface area (Å²) < 4.78 is 7.09. The summed E-state index contributed by atoms with van der Waals surface area (Å²) in [6, 6.07) is 11.9. The number of hydrogen-bond donors (Lipinski definition) is 0. The van der Waals surface area contributed by atoms with Gasteiger partial charge in [0.15, 0.2) is 0 Å². The van der Waals surface area contributed by atoms with Gasteiger partial charge in [0, 0.05) is 6.05 Å². The standard InChI is InChI=1S/C11H11N/c12-10-6-2-5-9-11-7-3-1-4-8-11/h1-4,6-8H,5,9H2/b6-2-/i6D. The lowest BCUT2D eigenvalue weighted by atomic mass is 10.1. The van der Waals surface area contributed by atoms with Crippen LogP contribution in [0.4, 0.5) is 0 Å². The highest BCUT2D eigenvalue weighted by Crippen LogP contribution is 2.02. The molecular weight excluding hydrogens is 146 g/mol. The van der Waals surface area contributed by atoms with Crippen molar-refractivity contribution in [3.05, 3.63) is 48.0 Å². The molecule has 1 aromatic rings. The molecule has 1 nitrogen and oxygen atoms in total. The molecule has 0 aromatic heterocycles. The molecule has 1 aromatic carbocycles. The van der Waals surface area contributed by atoms with Gasteiger partial charge in [0.2, 0.25) is 0 Å². The Morgan fingerprint density at radius 3 is 2.83 bits per heavy atom. The summed E-state index contributed by atoms with van der Waals surface area (Å²) in [5.41, 5.74) is 1.24. The van der Waals surface area contributed by atoms with Crippen LogP contribution < -0.4 is 0 Å². The molecule has 0 fully saturated rings. The van der Waals surface area contributed by atoms with Gasteiger partial charge in [-0.1, -0.05) is 36.4 Å². The first-order valence-corrected chi connectivity index (χ1v) is 3.93. The van der Waals surface area contributed by atoms with E-state index >= 15 is 0 Å². The molecule has 12 heavy (non-hydrogen) atoms. The quantitative estimate of drug-likeness (QED) is 0.620. The predicted molar refractivity (Wildman–Crippen MR) is 49.5 cm³/mol. The Morgan fingerprint density at radius 2 is 2.17 bits per heavy atom. The molecule has 1 heteroatoms. The van der Waals surface area contributed by atoms with Crippen LogP contribution in [0.5, 0.6) is 0 Å². The fourth-order valence-electron chi connectivity index (χ4n) is 1.00. The molecule has 0 spiro atoms. The molecular formula is C11H11N. The van der Waals surface area contributed by atoms with E-state index in [0.717, 1.165) is 12.8 Å². The minimum absolute atomic E-state index is 0.0518. The number of allylic oxidation sites excluding steroid dienone is 2. The lowest BCUT2D eigenvalue weighted by Gasteiger charge is -1.94. The molecule has 0 bridgehead atoms. The van der Waals surface area contributed by atoms with E-state index in [-0.39, 0.29) is 6.05 Å². The second kappa shape index (κ2) is 5.15. The minimum Gasteiger partial charge on any atom is -0.193 e. The van der Waals surface area contributed by atoms with E-state index in [2.05, 4.69) is 0 Å². The number of hydrogen-bond acceptors (Lipinski definition) is 1. The van der Waals surface area contributed by atoms with Crippen LogP contribution in [0.15, 0.2) is 42.5 Å². The van der Waals surface area contributed by atoms with Crippen LogP contribution in [0.25, 0.3) is 0 Å². The third kappa shape index (κ3) is 3.03. The van der Waals surface area contributed by atoms with Gasteiger partial charge in [0.05, 0.1) is 7.44 Å². The monoisotopic (exact) mass is 158 g/mol. The van der Waals surface area contributed by atoms with Crippen molar-refractivity contribution in [3.8, 4) is 6.07 Å². The van der Waals surface area contributed by atoms with E-state index in [9.17, 15) is 0 Å². The minimum atomic E-state index is 0.0518. The lowest BCUT2D eigenvalue weighted by molar-refractivity contribution is 1.00. The highest BCUT2D eigenvalue weighted by Gasteiger charge is 1.86. The molecule has 60 valence electrons. The largest absolute Gasteiger partial charge is 0.193 e. The summed E-state index contributed by atoms with van der Waals surface area (Å²) in [5.74, 6) is 0. The second-order valence-electron chi connectivity index (χ2n) is 2.48. The van der Waals surface area contributed by atoms with Crippen LogP contribution in [-0.4, -0.2) is 0 Å². The zero-order chi connectivity index (χ0) is 9.52. The molecule has 0 saturated heterocycles. The van der Waals surface area contributed by atoms with E-state index in [1.807, 2.05) is 30.3 Å². The summed E-state index contributed by atoms with van der Waals surface area (Å²) in [5, 5.41) is 8.33. The van der Waals surface area contributed by atoms with Gasteiger partial charge in [0.25, 0.3) is 0 Å². The van der Waals surface area contributed by atoms with Crippen LogP contribution in [0.1, 0.15) is 13.4 Å². The average molecular weight is 158 g/mol. The van der Waals surface area contributed by atoms with E-state index in [4.69, 9.17) is 6.63 Å². The predicted octanol–water partition coefficient (Wildman–Crippen LogP) is 2.70. The van der Waals surface area contributed by atoms with Crippen LogP contribution >= 0.6 is 0 Å². The van der Waals surface area contributed by atoms with Gasteiger partial charge >= 0.3 is 0 Å². The van der Waals surface area contributed by atoms with Gasteiger partial charge in [0.1, 0.15) is 0 Å². The van der Waals surface area contributed by atoms with Gasteiger partial charge < -0.3 is 0 Å². The maximum Gasteiger partial charge on any atom is 0.0908 e. The van der Waals surface area contributed by atoms with Gasteiger partial charge in [-0.3, -0.25) is 0 Å². The van der Waals surface area contributed by atoms with Gasteiger partial charge in [-0.25, -0.2) is 0 Å². The number of nitriles is 1. The maximum atomic E-state index is 8.33. The Hall–Kier alpha value is -1.55. The summed E-state index contributed by atoms with van der Waals surface area (Å²) in [6.07, 6.45) is 3.30. The van der Waals surface area contributed by atoms with Gasteiger partial charge in [-0.15, -0.1) is 0 Å². The number of rotatable bonds is 3. The fraction of sp³-hybridized carbons (Fsp3) is 0.182. The summed E-state index contributed by atoms with van der Waals surface area (Å²) in [6.45, 7) is 0. The molecule has 0 unspecified atom stereocenters. The molecule has 0 atom stereocenters. The first-order valence-electron chi connectivity index (χ1n) is 4.43. The topological polar surface area (TPSA) is 23.8 Å². The number of aryl methyl sites for hydroxylation is 1. The van der Waals surface area contributed by atoms with Crippen LogP contribution in [0, 0.1) is 11.3 Å². The molecule has 0 aliphatic heterocycles. The molecule has 0 heterocycles. The Balaban J connectivity index is 2.41. The smallest absolute Gasteiger partial charge is 0.0908 e. The Kier molecular flexibility index (Phi) is 3.05. The van der Waals surface area contributed by atoms with E-state index < -0.39 is 0 Å². The summed E-state index contributed by atoms with van der Waals surface area (Å²) >= 11 is 0. The Morgan fingerprint density at radius 1 is 1.42 bits per heavy atom. The second-order valence-corrected chi connectivity index (χ2v) is 2.48. The highest BCUT2D eigenvalue weighted by molar-refractivity contribution is 5.15. The van der Waals surface area contributed by atoms with Gasteiger partial charge in [-0.05, 0) is 18.4 Å². The van der Waals surface area contributed by atoms with E-state index in [1.54, 1.807) is 12.1 Å². The molecule has 0 amide bonds. The fourth-order valence-corrected chi connectivity index (χ4v) is 1.00. The van der Waals surface area contributed by atoms with Crippen molar-refractivity contribution in [1.29, 1.82) is 5.26 Å². The average Bonchev–Trinajstić information content (AvgIpc) is 2.19. The lowest BCUT2D eigenvalue weighted by Crippen LogP contribution is -1.80. The first-order chi connectivity index (χ1) is 6.33. The van der Waals surface area contributed by atoms with Crippen molar-refractivity contribution in [1.82, 2.24) is 0 Å². The van der Waals surface area contributed by atoms with E-state index in [1.165, 1.54) is 5.56 Å². The highest BCUT2D eigenvalue weighted by atomic mass is 14.2. The summed E-state index contributed by atoms with van der Waals surface area (Å²) in [4.78, 5) is 0. The third-order valence-electron chi connectivity index (χ3n) is 1.59. The van der Waals surface area contributed by atoms with Crippen molar-refractivity contribution >= 4 is 0 Å². The van der Waals surface area contributed by atoms with Crippen LogP contribution in [-0.2, 0) is 6.42 Å². The molecule has 0 saturated carbocycles. The van der Waals surface area contributed by atoms with Crippen LogP contribution in [0.3, 0.4) is 0 Å². The number of benzene rings is 1. The number of nitrogens with zero attached hydrogens (tertiary/aromatic N) is 1. The van der Waals surface area contributed by atoms with Crippen molar-refractivity contribution in [2.75, 3.05) is 0 Å². The van der Waals surface area contributed by atoms with Crippen molar-refractivity contribution in [3.63, 3.8) is 0 Å². The molecule has 0 N–H and O–H groups in total. The van der Waals surface area contributed by atoms with Crippen LogP contribution in [0.2, 0.25) is 0 Å². The van der Waals surface area contributed by atoms with E-state index in [0.29, 0.717) is 0 Å².